The van der Waals surface area contributed by atoms with Crippen molar-refractivity contribution in [1.82, 2.24) is 9.80 Å². The molecule has 3 saturated heterocycles. The van der Waals surface area contributed by atoms with Gasteiger partial charge in [0.15, 0.2) is 0 Å². The molecule has 5 atom stereocenters. The normalized spacial score (nSPS) is 35.4. The molecule has 158 valence electrons. The number of halogens is 3. The highest BCUT2D eigenvalue weighted by molar-refractivity contribution is 5.78. The molecule has 3 bridgehead atoms. The molecule has 0 radical (unpaired) electrons. The van der Waals surface area contributed by atoms with Gasteiger partial charge >= 0.3 is 12.1 Å². The maximum Gasteiger partial charge on any atom is 0.397 e. The summed E-state index contributed by atoms with van der Waals surface area (Å²) in [4.78, 5) is 28.9. The van der Waals surface area contributed by atoms with E-state index in [2.05, 4.69) is 4.90 Å². The van der Waals surface area contributed by atoms with E-state index in [1.807, 2.05) is 0 Å². The number of ether oxygens (including phenoxy) is 1. The molecule has 28 heavy (non-hydrogen) atoms. The predicted octanol–water partition coefficient (Wildman–Crippen LogP) is 2.98. The Morgan fingerprint density at radius 3 is 2.29 bits per heavy atom. The number of likely N-dealkylation sites (tertiary alicyclic amines) is 1. The molecule has 0 aromatic rings. The molecule has 1 saturated carbocycles. The Bertz CT molecular complexity index is 656. The number of carbonyl (C=O) groups is 2. The summed E-state index contributed by atoms with van der Waals surface area (Å²) in [6.45, 7) is 6.53. The highest BCUT2D eigenvalue weighted by Crippen LogP contribution is 2.49. The topological polar surface area (TPSA) is 49.9 Å². The van der Waals surface area contributed by atoms with Crippen LogP contribution in [0.5, 0.6) is 0 Å². The zero-order valence-corrected chi connectivity index (χ0v) is 16.7. The SMILES string of the molecule is CC(C)(C)C(=O)O[C@H]1C2CC3CC([C@H]1N(C(=O)CC(F)(F)F)C3)N2CC1CC1. The number of piperidine rings is 2. The molecule has 0 aromatic carbocycles. The van der Waals surface area contributed by atoms with E-state index in [0.29, 0.717) is 12.5 Å². The summed E-state index contributed by atoms with van der Waals surface area (Å²) >= 11 is 0. The van der Waals surface area contributed by atoms with Gasteiger partial charge in [-0.15, -0.1) is 0 Å². The first-order valence-electron chi connectivity index (χ1n) is 10.3. The van der Waals surface area contributed by atoms with Crippen molar-refractivity contribution in [1.29, 1.82) is 0 Å². The molecule has 1 aliphatic carbocycles. The Kier molecular flexibility index (Phi) is 4.71. The summed E-state index contributed by atoms with van der Waals surface area (Å²) in [7, 11) is 0. The molecule has 4 aliphatic rings. The molecule has 1 amide bonds. The van der Waals surface area contributed by atoms with Gasteiger partial charge < -0.3 is 9.64 Å². The van der Waals surface area contributed by atoms with Crippen molar-refractivity contribution < 1.29 is 27.5 Å². The van der Waals surface area contributed by atoms with Gasteiger partial charge in [0.25, 0.3) is 0 Å². The van der Waals surface area contributed by atoms with Crippen LogP contribution < -0.4 is 0 Å². The minimum atomic E-state index is -4.53. The molecule has 3 unspecified atom stereocenters. The molecule has 5 nitrogen and oxygen atoms in total. The largest absolute Gasteiger partial charge is 0.458 e. The lowest BCUT2D eigenvalue weighted by Gasteiger charge is -2.46. The van der Waals surface area contributed by atoms with Gasteiger partial charge in [0.05, 0.1) is 11.5 Å². The third kappa shape index (κ3) is 3.76. The average Bonchev–Trinajstić information content (AvgIpc) is 3.34. The number of amides is 1. The highest BCUT2D eigenvalue weighted by Gasteiger charge is 2.61. The van der Waals surface area contributed by atoms with Crippen LogP contribution in [0, 0.1) is 17.3 Å². The average molecular weight is 402 g/mol. The van der Waals surface area contributed by atoms with Crippen LogP contribution in [-0.4, -0.2) is 65.2 Å². The number of rotatable bonds is 4. The number of carbonyl (C=O) groups excluding carboxylic acids is 2. The summed E-state index contributed by atoms with van der Waals surface area (Å²) < 4.78 is 44.6. The molecular weight excluding hydrogens is 373 g/mol. The maximum absolute atomic E-state index is 12.9. The summed E-state index contributed by atoms with van der Waals surface area (Å²) in [5, 5.41) is 0. The Hall–Kier alpha value is -1.31. The van der Waals surface area contributed by atoms with Gasteiger partial charge in [0.2, 0.25) is 5.91 Å². The lowest BCUT2D eigenvalue weighted by atomic mass is 9.86. The lowest BCUT2D eigenvalue weighted by Crippen LogP contribution is -2.58. The minimum Gasteiger partial charge on any atom is -0.458 e. The van der Waals surface area contributed by atoms with Crippen LogP contribution in [0.3, 0.4) is 0 Å². The van der Waals surface area contributed by atoms with Crippen LogP contribution in [0.4, 0.5) is 13.2 Å². The van der Waals surface area contributed by atoms with Gasteiger partial charge in [0.1, 0.15) is 12.5 Å². The van der Waals surface area contributed by atoms with Gasteiger partial charge in [-0.3, -0.25) is 14.5 Å². The van der Waals surface area contributed by atoms with Crippen molar-refractivity contribution in [2.45, 2.75) is 83.3 Å². The molecule has 3 aliphatic heterocycles. The quantitative estimate of drug-likeness (QED) is 0.679. The van der Waals surface area contributed by atoms with Crippen molar-refractivity contribution >= 4 is 11.9 Å². The number of hydrogen-bond acceptors (Lipinski definition) is 4. The van der Waals surface area contributed by atoms with Gasteiger partial charge in [-0.05, 0) is 58.3 Å². The first-order chi connectivity index (χ1) is 12.9. The molecule has 0 spiro atoms. The second-order valence-corrected chi connectivity index (χ2v) is 10.1. The summed E-state index contributed by atoms with van der Waals surface area (Å²) in [6.07, 6.45) is -2.53. The fourth-order valence-electron chi connectivity index (χ4n) is 5.19. The Morgan fingerprint density at radius 1 is 1.07 bits per heavy atom. The van der Waals surface area contributed by atoms with Crippen molar-refractivity contribution in [2.75, 3.05) is 13.1 Å². The zero-order valence-electron chi connectivity index (χ0n) is 16.7. The highest BCUT2D eigenvalue weighted by atomic mass is 19.4. The zero-order chi connectivity index (χ0) is 20.4. The molecule has 0 aromatic heterocycles. The molecule has 0 N–H and O–H groups in total. The lowest BCUT2D eigenvalue weighted by molar-refractivity contribution is -0.171. The van der Waals surface area contributed by atoms with Crippen LogP contribution in [0.15, 0.2) is 0 Å². The van der Waals surface area contributed by atoms with Crippen LogP contribution in [0.25, 0.3) is 0 Å². The minimum absolute atomic E-state index is 0.00402. The van der Waals surface area contributed by atoms with E-state index in [1.165, 1.54) is 17.7 Å². The van der Waals surface area contributed by atoms with E-state index in [-0.39, 0.29) is 24.0 Å². The van der Waals surface area contributed by atoms with Gasteiger partial charge in [0, 0.05) is 25.2 Å². The Labute approximate surface area is 163 Å². The number of alkyl halides is 3. The number of nitrogens with zero attached hydrogens (tertiary/aromatic N) is 2. The molecule has 3 heterocycles. The van der Waals surface area contributed by atoms with Gasteiger partial charge in [-0.1, -0.05) is 0 Å². The summed E-state index contributed by atoms with van der Waals surface area (Å²) in [5.74, 6) is -0.448. The van der Waals surface area contributed by atoms with Crippen LogP contribution in [-0.2, 0) is 14.3 Å². The van der Waals surface area contributed by atoms with Crippen LogP contribution in [0.2, 0.25) is 0 Å². The third-order valence-corrected chi connectivity index (χ3v) is 6.62. The first-order valence-corrected chi connectivity index (χ1v) is 10.3. The molecule has 8 heteroatoms. The second kappa shape index (κ2) is 6.61. The van der Waals surface area contributed by atoms with Crippen molar-refractivity contribution in [3.8, 4) is 0 Å². The maximum atomic E-state index is 12.9. The monoisotopic (exact) mass is 402 g/mol. The fraction of sp³-hybridized carbons (Fsp3) is 0.900. The van der Waals surface area contributed by atoms with Crippen LogP contribution >= 0.6 is 0 Å². The number of esters is 1. The van der Waals surface area contributed by atoms with Crippen molar-refractivity contribution in [3.05, 3.63) is 0 Å². The Balaban J connectivity index is 1.62. The summed E-state index contributed by atoms with van der Waals surface area (Å²) in [6, 6.07) is -0.471. The van der Waals surface area contributed by atoms with E-state index in [1.54, 1.807) is 20.8 Å². The molecule has 4 fully saturated rings. The fourth-order valence-corrected chi connectivity index (χ4v) is 5.19. The standard InChI is InChI=1S/C20H29F3N2O3/c1-19(2,3)18(27)28-17-14-7-12-6-13(24(14)9-11-4-5-11)16(17)25(10-12)15(26)8-20(21,22)23/h11-14,16-17H,4-10H2,1-3H3/t12?,13?,14?,16-,17+/m1/s1. The third-order valence-electron chi connectivity index (χ3n) is 6.62. The van der Waals surface area contributed by atoms with E-state index >= 15 is 0 Å². The number of hydrogen-bond donors (Lipinski definition) is 0. The molecule has 4 rings (SSSR count). The van der Waals surface area contributed by atoms with E-state index in [0.717, 1.165) is 19.4 Å². The first kappa shape index (κ1) is 20.0. The van der Waals surface area contributed by atoms with E-state index in [4.69, 9.17) is 4.74 Å². The van der Waals surface area contributed by atoms with E-state index < -0.39 is 36.1 Å². The van der Waals surface area contributed by atoms with Crippen molar-refractivity contribution in [2.24, 2.45) is 17.3 Å². The van der Waals surface area contributed by atoms with Gasteiger partial charge in [-0.2, -0.15) is 13.2 Å². The van der Waals surface area contributed by atoms with Crippen LogP contribution in [0.1, 0.15) is 52.9 Å². The Morgan fingerprint density at radius 2 is 1.71 bits per heavy atom. The summed E-state index contributed by atoms with van der Waals surface area (Å²) in [5.41, 5.74) is -0.698. The smallest absolute Gasteiger partial charge is 0.397 e. The van der Waals surface area contributed by atoms with E-state index in [9.17, 15) is 22.8 Å². The number of fused-ring (bicyclic) bond motifs is 2. The van der Waals surface area contributed by atoms with Crippen molar-refractivity contribution in [3.63, 3.8) is 0 Å². The second-order valence-electron chi connectivity index (χ2n) is 10.1. The molecular formula is C20H29F3N2O3. The predicted molar refractivity (Wildman–Crippen MR) is 95.2 cm³/mol. The van der Waals surface area contributed by atoms with Gasteiger partial charge in [-0.25, -0.2) is 0 Å².